The molecule has 0 amide bonds. The molecular weight excluding hydrogens is 406 g/mol. The number of hydrazine groups is 2. The second-order valence-electron chi connectivity index (χ2n) is 7.30. The molecule has 4 rings (SSSR count). The highest BCUT2D eigenvalue weighted by Crippen LogP contribution is 2.32. The molecule has 5 N–H and O–H groups in total. The van der Waals surface area contributed by atoms with Gasteiger partial charge in [0.2, 0.25) is 0 Å². The van der Waals surface area contributed by atoms with Crippen molar-refractivity contribution in [1.82, 2.24) is 10.4 Å². The molecule has 0 spiro atoms. The lowest BCUT2D eigenvalue weighted by Gasteiger charge is -2.23. The van der Waals surface area contributed by atoms with Crippen molar-refractivity contribution < 1.29 is 14.7 Å². The Labute approximate surface area is 186 Å². The van der Waals surface area contributed by atoms with Crippen molar-refractivity contribution in [2.45, 2.75) is 6.54 Å². The Hall–Kier alpha value is -4.01. The molecule has 0 aromatic heterocycles. The first-order chi connectivity index (χ1) is 15.5. The molecule has 164 valence electrons. The summed E-state index contributed by atoms with van der Waals surface area (Å²) in [5, 5.41) is 15.7. The normalized spacial score (nSPS) is 13.4. The minimum Gasteiger partial charge on any atom is -0.508 e. The maximum Gasteiger partial charge on any atom is 0.365 e. The van der Waals surface area contributed by atoms with Crippen LogP contribution < -0.4 is 21.6 Å². The summed E-state index contributed by atoms with van der Waals surface area (Å²) >= 11 is 0. The number of anilines is 2. The monoisotopic (exact) mass is 431 g/mol. The van der Waals surface area contributed by atoms with Gasteiger partial charge in [0.1, 0.15) is 11.4 Å². The van der Waals surface area contributed by atoms with E-state index >= 15 is 0 Å². The summed E-state index contributed by atoms with van der Waals surface area (Å²) in [4.78, 5) is 18.2. The summed E-state index contributed by atoms with van der Waals surface area (Å²) in [6.07, 6.45) is 1.86. The molecule has 8 nitrogen and oxygen atoms in total. The second-order valence-corrected chi connectivity index (χ2v) is 7.30. The number of phenolic OH excluding ortho intramolecular Hbond substituents is 1. The van der Waals surface area contributed by atoms with Gasteiger partial charge >= 0.3 is 5.97 Å². The van der Waals surface area contributed by atoms with Gasteiger partial charge in [-0.2, -0.15) is 0 Å². The SMILES string of the molecule is CN1Nc2ccccc2N1OC(=O)c1ccc(CN/C=C(\CN)c2ccc(O)cc2)cc1. The third-order valence-corrected chi connectivity index (χ3v) is 5.06. The van der Waals surface area contributed by atoms with E-state index in [0.717, 1.165) is 28.1 Å². The summed E-state index contributed by atoms with van der Waals surface area (Å²) in [6.45, 7) is 0.939. The van der Waals surface area contributed by atoms with Crippen molar-refractivity contribution in [3.63, 3.8) is 0 Å². The molecule has 1 aliphatic rings. The predicted molar refractivity (Wildman–Crippen MR) is 124 cm³/mol. The third kappa shape index (κ3) is 4.66. The van der Waals surface area contributed by atoms with Gasteiger partial charge in [-0.1, -0.05) is 36.4 Å². The maximum absolute atomic E-state index is 12.6. The molecule has 0 atom stereocenters. The second kappa shape index (κ2) is 9.42. The number of carbonyl (C=O) groups excluding carboxylic acids is 1. The van der Waals surface area contributed by atoms with E-state index in [2.05, 4.69) is 10.7 Å². The van der Waals surface area contributed by atoms with Crippen LogP contribution in [-0.2, 0) is 11.4 Å². The Morgan fingerprint density at radius 1 is 1.06 bits per heavy atom. The average Bonchev–Trinajstić information content (AvgIpc) is 3.13. The lowest BCUT2D eigenvalue weighted by molar-refractivity contribution is 0.0202. The van der Waals surface area contributed by atoms with Gasteiger partial charge < -0.3 is 21.0 Å². The summed E-state index contributed by atoms with van der Waals surface area (Å²) < 4.78 is 0. The van der Waals surface area contributed by atoms with E-state index in [1.54, 1.807) is 36.4 Å². The molecule has 3 aromatic rings. The molecule has 0 unspecified atom stereocenters. The van der Waals surface area contributed by atoms with Gasteiger partial charge in [0, 0.05) is 26.3 Å². The van der Waals surface area contributed by atoms with E-state index in [4.69, 9.17) is 10.6 Å². The number of nitrogens with two attached hydrogens (primary N) is 1. The van der Waals surface area contributed by atoms with Gasteiger partial charge in [-0.05, 0) is 53.1 Å². The average molecular weight is 431 g/mol. The van der Waals surface area contributed by atoms with E-state index in [-0.39, 0.29) is 5.75 Å². The Morgan fingerprint density at radius 2 is 1.75 bits per heavy atom. The maximum atomic E-state index is 12.6. The standard InChI is InChI=1S/C24H25N5O3/c1-28-27-22-4-2-3-5-23(22)29(28)32-24(31)19-8-6-17(7-9-19)15-26-16-20(14-25)18-10-12-21(30)13-11-18/h2-13,16,26-27,30H,14-15,25H2,1H3/b20-16+. The zero-order chi connectivity index (χ0) is 22.5. The highest BCUT2D eigenvalue weighted by Gasteiger charge is 2.27. The zero-order valence-electron chi connectivity index (χ0n) is 17.7. The number of hydrogen-bond acceptors (Lipinski definition) is 8. The lowest BCUT2D eigenvalue weighted by Crippen LogP contribution is -2.39. The molecule has 0 bridgehead atoms. The molecule has 1 heterocycles. The van der Waals surface area contributed by atoms with Crippen molar-refractivity contribution >= 4 is 22.9 Å². The summed E-state index contributed by atoms with van der Waals surface area (Å²) in [5.41, 5.74) is 13.9. The fourth-order valence-corrected chi connectivity index (χ4v) is 3.34. The zero-order valence-corrected chi connectivity index (χ0v) is 17.7. The van der Waals surface area contributed by atoms with Gasteiger partial charge in [-0.25, -0.2) is 4.79 Å². The van der Waals surface area contributed by atoms with Gasteiger partial charge in [-0.15, -0.1) is 10.3 Å². The molecule has 0 radical (unpaired) electrons. The van der Waals surface area contributed by atoms with Crippen molar-refractivity contribution in [1.29, 1.82) is 0 Å². The third-order valence-electron chi connectivity index (χ3n) is 5.06. The smallest absolute Gasteiger partial charge is 0.365 e. The van der Waals surface area contributed by atoms with Gasteiger partial charge in [0.05, 0.1) is 11.3 Å². The fraction of sp³-hybridized carbons (Fsp3) is 0.125. The van der Waals surface area contributed by atoms with Gasteiger partial charge in [0.15, 0.2) is 0 Å². The van der Waals surface area contributed by atoms with Crippen LogP contribution in [0.15, 0.2) is 79.0 Å². The van der Waals surface area contributed by atoms with Crippen molar-refractivity contribution in [2.24, 2.45) is 5.73 Å². The molecule has 3 aromatic carbocycles. The minimum absolute atomic E-state index is 0.216. The van der Waals surface area contributed by atoms with Crippen LogP contribution in [0.1, 0.15) is 21.5 Å². The van der Waals surface area contributed by atoms with Crippen molar-refractivity contribution in [3.05, 3.63) is 95.7 Å². The van der Waals surface area contributed by atoms with Gasteiger partial charge in [-0.3, -0.25) is 5.43 Å². The van der Waals surface area contributed by atoms with E-state index in [1.165, 1.54) is 5.17 Å². The topological polar surface area (TPSA) is 103 Å². The highest BCUT2D eigenvalue weighted by molar-refractivity contribution is 5.90. The number of carbonyl (C=O) groups is 1. The fourth-order valence-electron chi connectivity index (χ4n) is 3.34. The summed E-state index contributed by atoms with van der Waals surface area (Å²) in [7, 11) is 1.77. The number of para-hydroxylation sites is 2. The first kappa shape index (κ1) is 21.2. The number of hydrogen-bond donors (Lipinski definition) is 4. The first-order valence-electron chi connectivity index (χ1n) is 10.2. The largest absolute Gasteiger partial charge is 0.508 e. The number of rotatable bonds is 7. The first-order valence-corrected chi connectivity index (χ1v) is 10.2. The molecule has 1 aliphatic heterocycles. The molecule has 0 aliphatic carbocycles. The molecule has 32 heavy (non-hydrogen) atoms. The van der Waals surface area contributed by atoms with Crippen LogP contribution in [0.4, 0.5) is 11.4 Å². The number of phenols is 1. The molecular formula is C24H25N5O3. The molecule has 0 saturated carbocycles. The predicted octanol–water partition coefficient (Wildman–Crippen LogP) is 3.25. The highest BCUT2D eigenvalue weighted by atomic mass is 16.8. The van der Waals surface area contributed by atoms with Gasteiger partial charge in [0.25, 0.3) is 0 Å². The van der Waals surface area contributed by atoms with E-state index in [9.17, 15) is 9.90 Å². The number of nitrogens with one attached hydrogen (secondary N) is 2. The van der Waals surface area contributed by atoms with Crippen LogP contribution in [0.3, 0.4) is 0 Å². The molecule has 0 fully saturated rings. The molecule has 8 heteroatoms. The van der Waals surface area contributed by atoms with E-state index in [1.807, 2.05) is 54.7 Å². The van der Waals surface area contributed by atoms with E-state index < -0.39 is 5.97 Å². The van der Waals surface area contributed by atoms with Crippen LogP contribution in [0.5, 0.6) is 5.75 Å². The van der Waals surface area contributed by atoms with Crippen LogP contribution in [0.25, 0.3) is 5.57 Å². The van der Waals surface area contributed by atoms with Crippen LogP contribution in [0.2, 0.25) is 0 Å². The van der Waals surface area contributed by atoms with Crippen LogP contribution in [0, 0.1) is 0 Å². The van der Waals surface area contributed by atoms with Crippen LogP contribution in [-0.4, -0.2) is 29.8 Å². The summed E-state index contributed by atoms with van der Waals surface area (Å²) in [6, 6.07) is 21.7. The van der Waals surface area contributed by atoms with E-state index in [0.29, 0.717) is 18.7 Å². The van der Waals surface area contributed by atoms with Crippen molar-refractivity contribution in [2.75, 3.05) is 24.2 Å². The Bertz CT molecular complexity index is 1110. The number of benzene rings is 3. The minimum atomic E-state index is -0.451. The van der Waals surface area contributed by atoms with Crippen molar-refractivity contribution in [3.8, 4) is 5.75 Å². The Kier molecular flexibility index (Phi) is 6.25. The van der Waals surface area contributed by atoms with Crippen LogP contribution >= 0.6 is 0 Å². The molecule has 0 saturated heterocycles. The summed E-state index contributed by atoms with van der Waals surface area (Å²) in [5.74, 6) is -0.235. The number of nitrogens with zero attached hydrogens (tertiary/aromatic N) is 2. The quantitative estimate of drug-likeness (QED) is 0.452. The Morgan fingerprint density at radius 3 is 2.47 bits per heavy atom. The number of aromatic hydroxyl groups is 1. The number of fused-ring (bicyclic) bond motifs is 1. The Balaban J connectivity index is 1.36. The lowest BCUT2D eigenvalue weighted by atomic mass is 10.1.